The molecule has 1 fully saturated rings. The van der Waals surface area contributed by atoms with E-state index in [4.69, 9.17) is 0 Å². The number of hydrogen-bond donors (Lipinski definition) is 1. The highest BCUT2D eigenvalue weighted by Crippen LogP contribution is 2.28. The lowest BCUT2D eigenvalue weighted by Crippen LogP contribution is -2.35. The third-order valence-electron chi connectivity index (χ3n) is 4.25. The van der Waals surface area contributed by atoms with Crippen LogP contribution in [0.4, 0.5) is 20.2 Å². The van der Waals surface area contributed by atoms with Crippen LogP contribution in [0.3, 0.4) is 0 Å². The molecule has 1 aliphatic rings. The highest BCUT2D eigenvalue weighted by Gasteiger charge is 2.23. The number of rotatable bonds is 4. The second kappa shape index (κ2) is 7.03. The molecule has 1 amide bonds. The van der Waals surface area contributed by atoms with Crippen LogP contribution < -0.4 is 9.62 Å². The number of sulfonamides is 1. The minimum atomic E-state index is -4.20. The fraction of sp³-hybridized carbons (Fsp3) is 0.278. The van der Waals surface area contributed by atoms with E-state index in [1.807, 2.05) is 0 Å². The Bertz CT molecular complexity index is 961. The molecule has 8 heteroatoms. The van der Waals surface area contributed by atoms with E-state index in [0.717, 1.165) is 36.2 Å². The lowest BCUT2D eigenvalue weighted by molar-refractivity contribution is -0.119. The maximum atomic E-state index is 13.8. The number of nitrogens with one attached hydrogen (secondary N) is 1. The molecule has 1 saturated heterocycles. The molecule has 0 aromatic heterocycles. The van der Waals surface area contributed by atoms with Crippen LogP contribution in [0.1, 0.15) is 24.8 Å². The van der Waals surface area contributed by atoms with Crippen molar-refractivity contribution in [3.8, 4) is 0 Å². The van der Waals surface area contributed by atoms with Gasteiger partial charge in [0.05, 0.1) is 0 Å². The summed E-state index contributed by atoms with van der Waals surface area (Å²) in [5, 5.41) is 0. The number of carbonyl (C=O) groups excluding carboxylic acids is 1. The molecule has 3 rings (SSSR count). The summed E-state index contributed by atoms with van der Waals surface area (Å²) in [6, 6.07) is 7.04. The molecule has 1 heterocycles. The lowest BCUT2D eigenvalue weighted by Gasteiger charge is -2.28. The molecule has 2 aromatic rings. The van der Waals surface area contributed by atoms with Crippen LogP contribution in [0.5, 0.6) is 0 Å². The van der Waals surface area contributed by atoms with E-state index in [1.54, 1.807) is 24.0 Å². The Hall–Kier alpha value is -2.48. The van der Waals surface area contributed by atoms with Crippen molar-refractivity contribution >= 4 is 27.3 Å². The van der Waals surface area contributed by atoms with Gasteiger partial charge in [-0.1, -0.05) is 0 Å². The van der Waals surface area contributed by atoms with Crippen LogP contribution in [0.2, 0.25) is 0 Å². The van der Waals surface area contributed by atoms with E-state index in [1.165, 1.54) is 6.07 Å². The summed E-state index contributed by atoms with van der Waals surface area (Å²) in [6.07, 6.45) is 2.29. The van der Waals surface area contributed by atoms with E-state index in [9.17, 15) is 22.0 Å². The molecular weight excluding hydrogens is 362 g/mol. The van der Waals surface area contributed by atoms with Gasteiger partial charge in [-0.3, -0.25) is 9.52 Å². The first kappa shape index (κ1) is 18.3. The highest BCUT2D eigenvalue weighted by atomic mass is 32.2. The topological polar surface area (TPSA) is 66.5 Å². The zero-order valence-electron chi connectivity index (χ0n) is 14.1. The van der Waals surface area contributed by atoms with Crippen LogP contribution in [-0.2, 0) is 14.8 Å². The number of amides is 1. The van der Waals surface area contributed by atoms with Crippen LogP contribution >= 0.6 is 0 Å². The molecule has 0 atom stereocenters. The van der Waals surface area contributed by atoms with Gasteiger partial charge >= 0.3 is 0 Å². The van der Waals surface area contributed by atoms with Gasteiger partial charge in [0.2, 0.25) is 5.91 Å². The molecule has 138 valence electrons. The third-order valence-corrected chi connectivity index (χ3v) is 5.66. The van der Waals surface area contributed by atoms with Crippen molar-refractivity contribution in [3.05, 3.63) is 53.6 Å². The predicted molar refractivity (Wildman–Crippen MR) is 94.5 cm³/mol. The van der Waals surface area contributed by atoms with Gasteiger partial charge < -0.3 is 4.90 Å². The molecule has 0 saturated carbocycles. The largest absolute Gasteiger partial charge is 0.312 e. The highest BCUT2D eigenvalue weighted by molar-refractivity contribution is 7.92. The summed E-state index contributed by atoms with van der Waals surface area (Å²) in [4.78, 5) is 13.1. The first-order valence-electron chi connectivity index (χ1n) is 8.17. The van der Waals surface area contributed by atoms with E-state index in [2.05, 4.69) is 4.72 Å². The van der Waals surface area contributed by atoms with Crippen LogP contribution in [0, 0.1) is 18.6 Å². The predicted octanol–water partition coefficient (Wildman–Crippen LogP) is 3.59. The Morgan fingerprint density at radius 1 is 1.08 bits per heavy atom. The smallest absolute Gasteiger partial charge is 0.264 e. The molecule has 1 aliphatic heterocycles. The summed E-state index contributed by atoms with van der Waals surface area (Å²) in [7, 11) is -4.20. The van der Waals surface area contributed by atoms with Crippen molar-refractivity contribution in [2.45, 2.75) is 31.1 Å². The Morgan fingerprint density at radius 2 is 1.85 bits per heavy atom. The van der Waals surface area contributed by atoms with E-state index < -0.39 is 26.6 Å². The zero-order valence-corrected chi connectivity index (χ0v) is 14.9. The van der Waals surface area contributed by atoms with Gasteiger partial charge in [0.15, 0.2) is 0 Å². The molecular formula is C18H18F2N2O3S. The quantitative estimate of drug-likeness (QED) is 0.882. The van der Waals surface area contributed by atoms with Crippen molar-refractivity contribution in [2.75, 3.05) is 16.2 Å². The van der Waals surface area contributed by atoms with Gasteiger partial charge in [0, 0.05) is 30.4 Å². The lowest BCUT2D eigenvalue weighted by atomic mass is 10.1. The van der Waals surface area contributed by atoms with Gasteiger partial charge in [-0.15, -0.1) is 0 Å². The van der Waals surface area contributed by atoms with Crippen molar-refractivity contribution in [3.63, 3.8) is 0 Å². The first-order valence-corrected chi connectivity index (χ1v) is 9.65. The number of benzene rings is 2. The van der Waals surface area contributed by atoms with Crippen LogP contribution in [0.25, 0.3) is 0 Å². The minimum absolute atomic E-state index is 0.0427. The number of piperidine rings is 1. The average Bonchev–Trinajstić information content (AvgIpc) is 2.55. The maximum Gasteiger partial charge on any atom is 0.264 e. The normalized spacial score (nSPS) is 15.2. The average molecular weight is 380 g/mol. The standard InChI is InChI=1S/C18H18F2N2O3S/c1-12-10-14(6-7-16(12)22-9-3-2-4-18(22)23)21-26(24,25)17-8-5-13(19)11-15(17)20/h5-8,10-11,21H,2-4,9H2,1H3. The second-order valence-corrected chi connectivity index (χ2v) is 7.83. The third kappa shape index (κ3) is 3.70. The molecule has 0 unspecified atom stereocenters. The Labute approximate surface area is 150 Å². The van der Waals surface area contributed by atoms with Crippen LogP contribution in [-0.4, -0.2) is 20.9 Å². The Morgan fingerprint density at radius 3 is 2.50 bits per heavy atom. The molecule has 0 radical (unpaired) electrons. The fourth-order valence-electron chi connectivity index (χ4n) is 2.99. The van der Waals surface area contributed by atoms with Gasteiger partial charge in [-0.05, 0) is 55.7 Å². The number of hydrogen-bond acceptors (Lipinski definition) is 3. The number of aryl methyl sites for hydroxylation is 1. The molecule has 0 aliphatic carbocycles. The number of halogens is 2. The molecule has 1 N–H and O–H groups in total. The molecule has 0 spiro atoms. The van der Waals surface area contributed by atoms with Gasteiger partial charge in [0.1, 0.15) is 16.5 Å². The summed E-state index contributed by atoms with van der Waals surface area (Å²) < 4.78 is 53.7. The molecule has 5 nitrogen and oxygen atoms in total. The monoisotopic (exact) mass is 380 g/mol. The van der Waals surface area contributed by atoms with Crippen molar-refractivity contribution in [1.82, 2.24) is 0 Å². The van der Waals surface area contributed by atoms with E-state index in [0.29, 0.717) is 19.0 Å². The fourth-order valence-corrected chi connectivity index (χ4v) is 4.10. The number of nitrogens with zero attached hydrogens (tertiary/aromatic N) is 1. The van der Waals surface area contributed by atoms with Crippen molar-refractivity contribution in [1.29, 1.82) is 0 Å². The van der Waals surface area contributed by atoms with E-state index in [-0.39, 0.29) is 11.6 Å². The zero-order chi connectivity index (χ0) is 18.9. The first-order chi connectivity index (χ1) is 12.3. The van der Waals surface area contributed by atoms with Gasteiger partial charge in [0.25, 0.3) is 10.0 Å². The molecule has 0 bridgehead atoms. The summed E-state index contributed by atoms with van der Waals surface area (Å²) in [5.74, 6) is -1.97. The SMILES string of the molecule is Cc1cc(NS(=O)(=O)c2ccc(F)cc2F)ccc1N1CCCCC1=O. The number of anilines is 2. The van der Waals surface area contributed by atoms with Crippen LogP contribution in [0.15, 0.2) is 41.3 Å². The van der Waals surface area contributed by atoms with E-state index >= 15 is 0 Å². The van der Waals surface area contributed by atoms with Crippen molar-refractivity contribution in [2.24, 2.45) is 0 Å². The summed E-state index contributed by atoms with van der Waals surface area (Å²) in [6.45, 7) is 2.40. The summed E-state index contributed by atoms with van der Waals surface area (Å²) >= 11 is 0. The maximum absolute atomic E-state index is 13.8. The Balaban J connectivity index is 1.86. The second-order valence-electron chi connectivity index (χ2n) is 6.18. The molecule has 2 aromatic carbocycles. The van der Waals surface area contributed by atoms with Crippen molar-refractivity contribution < 1.29 is 22.0 Å². The van der Waals surface area contributed by atoms with Gasteiger partial charge in [-0.2, -0.15) is 0 Å². The Kier molecular flexibility index (Phi) is 4.95. The number of carbonyl (C=O) groups is 1. The minimum Gasteiger partial charge on any atom is -0.312 e. The molecule has 26 heavy (non-hydrogen) atoms. The van der Waals surface area contributed by atoms with Gasteiger partial charge in [-0.25, -0.2) is 17.2 Å². The summed E-state index contributed by atoms with van der Waals surface area (Å²) in [5.41, 5.74) is 1.69.